The van der Waals surface area contributed by atoms with E-state index in [0.29, 0.717) is 17.5 Å². The standard InChI is InChI=1S/C7H6ClN3OS/c8-6-7(11-13-10-6)9-4-5-2-1-3-12-5/h1-3H,4H2,(H,9,11). The molecule has 13 heavy (non-hydrogen) atoms. The summed E-state index contributed by atoms with van der Waals surface area (Å²) in [5, 5.41) is 3.41. The summed E-state index contributed by atoms with van der Waals surface area (Å²) in [4.78, 5) is 0. The molecule has 0 saturated heterocycles. The Hall–Kier alpha value is -1.07. The molecule has 1 N–H and O–H groups in total. The molecule has 0 aliphatic heterocycles. The predicted octanol–water partition coefficient (Wildman–Crippen LogP) is 2.40. The number of rotatable bonds is 3. The van der Waals surface area contributed by atoms with Crippen LogP contribution < -0.4 is 5.32 Å². The third kappa shape index (κ3) is 1.99. The van der Waals surface area contributed by atoms with E-state index >= 15 is 0 Å². The molecule has 0 atom stereocenters. The second-order valence-corrected chi connectivity index (χ2v) is 3.22. The van der Waals surface area contributed by atoms with Crippen molar-refractivity contribution >= 4 is 29.1 Å². The summed E-state index contributed by atoms with van der Waals surface area (Å²) in [6.45, 7) is 0.568. The van der Waals surface area contributed by atoms with Crippen LogP contribution >= 0.6 is 23.3 Å². The summed E-state index contributed by atoms with van der Waals surface area (Å²) in [7, 11) is 0. The maximum Gasteiger partial charge on any atom is 0.186 e. The lowest BCUT2D eigenvalue weighted by atomic mass is 10.4. The lowest BCUT2D eigenvalue weighted by Crippen LogP contribution is -1.98. The van der Waals surface area contributed by atoms with Crippen molar-refractivity contribution in [2.45, 2.75) is 6.54 Å². The Morgan fingerprint density at radius 1 is 1.54 bits per heavy atom. The molecule has 0 fully saturated rings. The van der Waals surface area contributed by atoms with E-state index in [1.807, 2.05) is 12.1 Å². The van der Waals surface area contributed by atoms with E-state index in [9.17, 15) is 0 Å². The molecule has 0 amide bonds. The summed E-state index contributed by atoms with van der Waals surface area (Å²) in [6.07, 6.45) is 1.62. The maximum absolute atomic E-state index is 5.72. The number of hydrogen-bond donors (Lipinski definition) is 1. The highest BCUT2D eigenvalue weighted by Crippen LogP contribution is 2.18. The lowest BCUT2D eigenvalue weighted by molar-refractivity contribution is 0.518. The van der Waals surface area contributed by atoms with E-state index in [0.717, 1.165) is 17.5 Å². The van der Waals surface area contributed by atoms with E-state index in [2.05, 4.69) is 14.1 Å². The van der Waals surface area contributed by atoms with Crippen LogP contribution in [0.4, 0.5) is 5.82 Å². The van der Waals surface area contributed by atoms with Crippen LogP contribution in [-0.2, 0) is 6.54 Å². The molecule has 0 bridgehead atoms. The molecule has 2 rings (SSSR count). The first-order chi connectivity index (χ1) is 6.36. The van der Waals surface area contributed by atoms with Crippen molar-refractivity contribution < 1.29 is 4.42 Å². The highest BCUT2D eigenvalue weighted by molar-refractivity contribution is 6.99. The van der Waals surface area contributed by atoms with Crippen LogP contribution in [0.2, 0.25) is 5.15 Å². The monoisotopic (exact) mass is 215 g/mol. The Bertz CT molecular complexity index is 373. The van der Waals surface area contributed by atoms with Crippen LogP contribution in [-0.4, -0.2) is 8.75 Å². The lowest BCUT2D eigenvalue weighted by Gasteiger charge is -1.98. The van der Waals surface area contributed by atoms with Crippen LogP contribution in [0.1, 0.15) is 5.76 Å². The third-order valence-corrected chi connectivity index (χ3v) is 2.35. The first-order valence-electron chi connectivity index (χ1n) is 3.60. The zero-order chi connectivity index (χ0) is 9.10. The van der Waals surface area contributed by atoms with Crippen molar-refractivity contribution in [1.82, 2.24) is 8.75 Å². The molecule has 0 radical (unpaired) electrons. The highest BCUT2D eigenvalue weighted by Gasteiger charge is 2.04. The number of nitrogens with one attached hydrogen (secondary N) is 1. The second-order valence-electron chi connectivity index (χ2n) is 2.34. The molecule has 68 valence electrons. The maximum atomic E-state index is 5.72. The van der Waals surface area contributed by atoms with Gasteiger partial charge in [0.05, 0.1) is 24.5 Å². The molecule has 0 aliphatic carbocycles. The number of nitrogens with zero attached hydrogens (tertiary/aromatic N) is 2. The van der Waals surface area contributed by atoms with Gasteiger partial charge in [-0.25, -0.2) is 0 Å². The molecule has 4 nitrogen and oxygen atoms in total. The minimum atomic E-state index is 0.400. The van der Waals surface area contributed by atoms with Gasteiger partial charge in [0.1, 0.15) is 5.76 Å². The third-order valence-electron chi connectivity index (χ3n) is 1.46. The minimum Gasteiger partial charge on any atom is -0.467 e. The summed E-state index contributed by atoms with van der Waals surface area (Å²) >= 11 is 6.80. The quantitative estimate of drug-likeness (QED) is 0.854. The number of aromatic nitrogens is 2. The van der Waals surface area contributed by atoms with Crippen molar-refractivity contribution in [2.75, 3.05) is 5.32 Å². The van der Waals surface area contributed by atoms with Crippen molar-refractivity contribution in [3.63, 3.8) is 0 Å². The smallest absolute Gasteiger partial charge is 0.186 e. The fourth-order valence-electron chi connectivity index (χ4n) is 0.867. The van der Waals surface area contributed by atoms with E-state index in [-0.39, 0.29) is 0 Å². The van der Waals surface area contributed by atoms with Crippen molar-refractivity contribution in [3.05, 3.63) is 29.3 Å². The summed E-state index contributed by atoms with van der Waals surface area (Å²) in [6, 6.07) is 3.71. The SMILES string of the molecule is Clc1nsnc1NCc1ccco1. The molecule has 2 heterocycles. The summed E-state index contributed by atoms with van der Waals surface area (Å²) < 4.78 is 12.9. The molecule has 6 heteroatoms. The Kier molecular flexibility index (Phi) is 2.47. The van der Waals surface area contributed by atoms with Gasteiger partial charge < -0.3 is 9.73 Å². The van der Waals surface area contributed by atoms with Gasteiger partial charge >= 0.3 is 0 Å². The average Bonchev–Trinajstić information content (AvgIpc) is 2.72. The van der Waals surface area contributed by atoms with Gasteiger partial charge in [-0.1, -0.05) is 11.6 Å². The van der Waals surface area contributed by atoms with Gasteiger partial charge in [0, 0.05) is 0 Å². The molecule has 0 aliphatic rings. The zero-order valence-electron chi connectivity index (χ0n) is 6.53. The van der Waals surface area contributed by atoms with Crippen LogP contribution in [0, 0.1) is 0 Å². The fourth-order valence-corrected chi connectivity index (χ4v) is 1.55. The number of anilines is 1. The van der Waals surface area contributed by atoms with Crippen molar-refractivity contribution in [1.29, 1.82) is 0 Å². The number of halogens is 1. The van der Waals surface area contributed by atoms with Crippen LogP contribution in [0.15, 0.2) is 22.8 Å². The van der Waals surface area contributed by atoms with E-state index < -0.39 is 0 Å². The normalized spacial score (nSPS) is 10.2. The molecule has 0 spiro atoms. The number of hydrogen-bond acceptors (Lipinski definition) is 5. The first-order valence-corrected chi connectivity index (χ1v) is 4.71. The predicted molar refractivity (Wildman–Crippen MR) is 51.0 cm³/mol. The van der Waals surface area contributed by atoms with E-state index in [1.165, 1.54) is 0 Å². The number of furan rings is 1. The molecular weight excluding hydrogens is 210 g/mol. The Morgan fingerprint density at radius 3 is 3.08 bits per heavy atom. The molecule has 0 unspecified atom stereocenters. The summed E-state index contributed by atoms with van der Waals surface area (Å²) in [5.41, 5.74) is 0. The molecular formula is C7H6ClN3OS. The zero-order valence-corrected chi connectivity index (χ0v) is 8.10. The van der Waals surface area contributed by atoms with E-state index in [1.54, 1.807) is 6.26 Å². The largest absolute Gasteiger partial charge is 0.467 e. The Morgan fingerprint density at radius 2 is 2.46 bits per heavy atom. The van der Waals surface area contributed by atoms with Gasteiger partial charge in [0.25, 0.3) is 0 Å². The van der Waals surface area contributed by atoms with Gasteiger partial charge in [0.15, 0.2) is 11.0 Å². The Labute approximate surface area is 83.9 Å². The van der Waals surface area contributed by atoms with Crippen molar-refractivity contribution in [2.24, 2.45) is 0 Å². The van der Waals surface area contributed by atoms with Gasteiger partial charge in [-0.15, -0.1) is 0 Å². The molecule has 0 aromatic carbocycles. The van der Waals surface area contributed by atoms with Crippen LogP contribution in [0.5, 0.6) is 0 Å². The van der Waals surface area contributed by atoms with Gasteiger partial charge in [-0.3, -0.25) is 0 Å². The van der Waals surface area contributed by atoms with Gasteiger partial charge in [-0.2, -0.15) is 8.75 Å². The topological polar surface area (TPSA) is 51.0 Å². The van der Waals surface area contributed by atoms with Crippen LogP contribution in [0.3, 0.4) is 0 Å². The second kappa shape index (κ2) is 3.76. The fraction of sp³-hybridized carbons (Fsp3) is 0.143. The van der Waals surface area contributed by atoms with Crippen LogP contribution in [0.25, 0.3) is 0 Å². The van der Waals surface area contributed by atoms with E-state index in [4.69, 9.17) is 16.0 Å². The molecule has 2 aromatic heterocycles. The van der Waals surface area contributed by atoms with Gasteiger partial charge in [-0.05, 0) is 12.1 Å². The highest BCUT2D eigenvalue weighted by atomic mass is 35.5. The average molecular weight is 216 g/mol. The Balaban J connectivity index is 1.97. The molecule has 0 saturated carbocycles. The summed E-state index contributed by atoms with van der Waals surface area (Å²) in [5.74, 6) is 1.44. The van der Waals surface area contributed by atoms with Crippen molar-refractivity contribution in [3.8, 4) is 0 Å². The molecule has 2 aromatic rings. The first kappa shape index (κ1) is 8.52. The minimum absolute atomic E-state index is 0.400. The van der Waals surface area contributed by atoms with Gasteiger partial charge in [0.2, 0.25) is 0 Å².